The van der Waals surface area contributed by atoms with Crippen molar-refractivity contribution < 1.29 is 4.79 Å². The van der Waals surface area contributed by atoms with Crippen molar-refractivity contribution in [3.63, 3.8) is 0 Å². The number of carbonyl (C=O) groups excluding carboxylic acids is 1. The predicted molar refractivity (Wildman–Crippen MR) is 131 cm³/mol. The molecule has 3 nitrogen and oxygen atoms in total. The highest BCUT2D eigenvalue weighted by atomic mass is 16.1. The standard InChI is InChI=1S/C17H24N2O.C7H14.C2H4/c1-6-7-16-8-10-17(11-9-16)14(3)18-15(4)19(5)12-13(2)20;1-3-5-7-6-4-2;1-2/h8-11H,3,6-7,12H2,1-2,4-5H3;5,7H,3-4,6H2,1-2H3;1-2H2/b;7-5-;. The van der Waals surface area contributed by atoms with Crippen LogP contribution in [0.5, 0.6) is 0 Å². The molecule has 0 aliphatic heterocycles. The number of hydrogen-bond acceptors (Lipinski definition) is 2. The Hall–Kier alpha value is -2.42. The van der Waals surface area contributed by atoms with Crippen LogP contribution in [0.3, 0.4) is 0 Å². The van der Waals surface area contributed by atoms with E-state index in [0.717, 1.165) is 29.9 Å². The number of benzene rings is 1. The van der Waals surface area contributed by atoms with Crippen LogP contribution in [0.15, 0.2) is 61.1 Å². The van der Waals surface area contributed by atoms with Gasteiger partial charge in [-0.25, -0.2) is 4.99 Å². The van der Waals surface area contributed by atoms with Crippen LogP contribution in [0.2, 0.25) is 0 Å². The number of rotatable bonds is 9. The Labute approximate surface area is 179 Å². The van der Waals surface area contributed by atoms with Gasteiger partial charge >= 0.3 is 0 Å². The fourth-order valence-corrected chi connectivity index (χ4v) is 2.40. The third-order valence-electron chi connectivity index (χ3n) is 3.99. The minimum absolute atomic E-state index is 0.122. The van der Waals surface area contributed by atoms with E-state index < -0.39 is 0 Å². The zero-order valence-corrected chi connectivity index (χ0v) is 19.6. The van der Waals surface area contributed by atoms with Crippen LogP contribution < -0.4 is 0 Å². The summed E-state index contributed by atoms with van der Waals surface area (Å²) in [5.41, 5.74) is 3.07. The van der Waals surface area contributed by atoms with E-state index in [-0.39, 0.29) is 5.78 Å². The van der Waals surface area contributed by atoms with E-state index in [9.17, 15) is 4.79 Å². The number of aliphatic imine (C=N–C) groups is 1. The van der Waals surface area contributed by atoms with Gasteiger partial charge in [0, 0.05) is 7.05 Å². The normalized spacial score (nSPS) is 10.5. The number of amidine groups is 1. The summed E-state index contributed by atoms with van der Waals surface area (Å²) in [5.74, 6) is 0.916. The van der Waals surface area contributed by atoms with Crippen molar-refractivity contribution in [3.8, 4) is 0 Å². The molecule has 0 N–H and O–H groups in total. The molecule has 0 spiro atoms. The van der Waals surface area contributed by atoms with Crippen LogP contribution in [0.25, 0.3) is 5.70 Å². The zero-order chi connectivity index (χ0) is 22.7. The number of unbranched alkanes of at least 4 members (excludes halogenated alkanes) is 1. The monoisotopic (exact) mass is 398 g/mol. The topological polar surface area (TPSA) is 32.7 Å². The first-order valence-electron chi connectivity index (χ1n) is 10.5. The van der Waals surface area contributed by atoms with Crippen LogP contribution in [0.4, 0.5) is 0 Å². The van der Waals surface area contributed by atoms with Gasteiger partial charge in [-0.1, -0.05) is 76.6 Å². The minimum Gasteiger partial charge on any atom is -0.356 e. The van der Waals surface area contributed by atoms with Gasteiger partial charge in [0.2, 0.25) is 0 Å². The number of hydrogen-bond donors (Lipinski definition) is 0. The molecule has 0 aromatic heterocycles. The Kier molecular flexibility index (Phi) is 18.8. The third-order valence-corrected chi connectivity index (χ3v) is 3.99. The quantitative estimate of drug-likeness (QED) is 0.252. The van der Waals surface area contributed by atoms with Gasteiger partial charge in [0.15, 0.2) is 0 Å². The van der Waals surface area contributed by atoms with Crippen molar-refractivity contribution >= 4 is 17.3 Å². The maximum absolute atomic E-state index is 11.1. The highest BCUT2D eigenvalue weighted by molar-refractivity contribution is 5.89. The second-order valence-corrected chi connectivity index (χ2v) is 6.78. The number of nitrogens with zero attached hydrogens (tertiary/aromatic N) is 2. The maximum atomic E-state index is 11.1. The van der Waals surface area contributed by atoms with Gasteiger partial charge in [0.25, 0.3) is 0 Å². The van der Waals surface area contributed by atoms with Crippen LogP contribution in [0, 0.1) is 0 Å². The maximum Gasteiger partial charge on any atom is 0.149 e. The lowest BCUT2D eigenvalue weighted by Gasteiger charge is -2.17. The summed E-state index contributed by atoms with van der Waals surface area (Å²) in [6.45, 7) is 20.4. The summed E-state index contributed by atoms with van der Waals surface area (Å²) in [7, 11) is 1.86. The molecular weight excluding hydrogens is 356 g/mol. The summed E-state index contributed by atoms with van der Waals surface area (Å²) in [6, 6.07) is 8.34. The van der Waals surface area contributed by atoms with Crippen LogP contribution >= 0.6 is 0 Å². The number of aryl methyl sites for hydroxylation is 1. The van der Waals surface area contributed by atoms with Gasteiger partial charge in [0.1, 0.15) is 11.6 Å². The van der Waals surface area contributed by atoms with E-state index in [4.69, 9.17) is 0 Å². The van der Waals surface area contributed by atoms with Crippen molar-refractivity contribution in [1.82, 2.24) is 4.90 Å². The summed E-state index contributed by atoms with van der Waals surface area (Å²) >= 11 is 0. The highest BCUT2D eigenvalue weighted by Crippen LogP contribution is 2.16. The van der Waals surface area contributed by atoms with Gasteiger partial charge < -0.3 is 4.90 Å². The van der Waals surface area contributed by atoms with E-state index in [1.807, 2.05) is 18.9 Å². The first-order valence-corrected chi connectivity index (χ1v) is 10.5. The molecule has 0 saturated heterocycles. The molecule has 0 atom stereocenters. The molecule has 29 heavy (non-hydrogen) atoms. The molecule has 162 valence electrons. The lowest BCUT2D eigenvalue weighted by atomic mass is 10.1. The van der Waals surface area contributed by atoms with Gasteiger partial charge in [-0.05, 0) is 44.2 Å². The largest absolute Gasteiger partial charge is 0.356 e. The van der Waals surface area contributed by atoms with Crippen LogP contribution in [-0.2, 0) is 11.2 Å². The van der Waals surface area contributed by atoms with Gasteiger partial charge in [-0.2, -0.15) is 0 Å². The number of carbonyl (C=O) groups is 1. The summed E-state index contributed by atoms with van der Waals surface area (Å²) in [5, 5.41) is 0. The minimum atomic E-state index is 0.122. The van der Waals surface area contributed by atoms with Gasteiger partial charge in [0.05, 0.1) is 12.2 Å². The van der Waals surface area contributed by atoms with Crippen molar-refractivity contribution in [3.05, 3.63) is 67.3 Å². The molecule has 0 radical (unpaired) electrons. The lowest BCUT2D eigenvalue weighted by molar-refractivity contribution is -0.117. The number of Topliss-reactive ketones (excluding diaryl/α,β-unsaturated/α-hetero) is 1. The van der Waals surface area contributed by atoms with E-state index >= 15 is 0 Å². The first kappa shape index (κ1) is 28.8. The van der Waals surface area contributed by atoms with Crippen molar-refractivity contribution in [2.45, 2.75) is 66.7 Å². The van der Waals surface area contributed by atoms with E-state index in [1.165, 1.54) is 24.8 Å². The fraction of sp³-hybridized carbons (Fsp3) is 0.462. The summed E-state index contributed by atoms with van der Waals surface area (Å²) in [4.78, 5) is 17.4. The van der Waals surface area contributed by atoms with Crippen LogP contribution in [0.1, 0.15) is 71.4 Å². The number of allylic oxidation sites excluding steroid dienone is 2. The average Bonchev–Trinajstić information content (AvgIpc) is 2.70. The molecule has 1 aromatic carbocycles. The smallest absolute Gasteiger partial charge is 0.149 e. The SMILES string of the molecule is C=C.C=C(N=C(C)N(C)CC(C)=O)c1ccc(CCC)cc1.CC/C=C\CCC. The fourth-order valence-electron chi connectivity index (χ4n) is 2.40. The summed E-state index contributed by atoms with van der Waals surface area (Å²) in [6.07, 6.45) is 10.4. The second kappa shape index (κ2) is 18.9. The molecule has 3 heteroatoms. The van der Waals surface area contributed by atoms with Crippen molar-refractivity contribution in [1.29, 1.82) is 0 Å². The van der Waals surface area contributed by atoms with Gasteiger partial charge in [-0.15, -0.1) is 13.2 Å². The molecule has 0 fully saturated rings. The first-order chi connectivity index (χ1) is 13.8. The zero-order valence-electron chi connectivity index (χ0n) is 19.6. The molecule has 0 aliphatic carbocycles. The molecular formula is C26H42N2O. The molecule has 0 bridgehead atoms. The van der Waals surface area contributed by atoms with Crippen molar-refractivity contribution in [2.75, 3.05) is 13.6 Å². The molecule has 1 rings (SSSR count). The second-order valence-electron chi connectivity index (χ2n) is 6.78. The lowest BCUT2D eigenvalue weighted by Crippen LogP contribution is -2.29. The van der Waals surface area contributed by atoms with Gasteiger partial charge in [-0.3, -0.25) is 4.79 Å². The number of ketones is 1. The van der Waals surface area contributed by atoms with E-state index in [0.29, 0.717) is 6.54 Å². The molecule has 0 unspecified atom stereocenters. The Morgan fingerprint density at radius 2 is 1.62 bits per heavy atom. The van der Waals surface area contributed by atoms with Crippen LogP contribution in [-0.4, -0.2) is 30.1 Å². The summed E-state index contributed by atoms with van der Waals surface area (Å²) < 4.78 is 0. The average molecular weight is 399 g/mol. The molecule has 0 heterocycles. The Balaban J connectivity index is 0. The molecule has 0 amide bonds. The Morgan fingerprint density at radius 1 is 1.03 bits per heavy atom. The van der Waals surface area contributed by atoms with E-state index in [1.54, 1.807) is 6.92 Å². The molecule has 1 aromatic rings. The Bertz CT molecular complexity index is 627. The molecule has 0 aliphatic rings. The molecule has 0 saturated carbocycles. The number of likely N-dealkylation sites (N-methyl/N-ethyl adjacent to an activating group) is 1. The predicted octanol–water partition coefficient (Wildman–Crippen LogP) is 7.10. The van der Waals surface area contributed by atoms with Crippen molar-refractivity contribution in [2.24, 2.45) is 4.99 Å². The third kappa shape index (κ3) is 15.2. The Morgan fingerprint density at radius 3 is 2.07 bits per heavy atom. The highest BCUT2D eigenvalue weighted by Gasteiger charge is 2.05. The van der Waals surface area contributed by atoms with E-state index in [2.05, 4.69) is 81.9 Å².